The molecule has 0 amide bonds. The van der Waals surface area contributed by atoms with Crippen LogP contribution >= 0.6 is 27.3 Å². The molecule has 0 unspecified atom stereocenters. The highest BCUT2D eigenvalue weighted by Gasteiger charge is 2.13. The van der Waals surface area contributed by atoms with E-state index in [1.807, 2.05) is 7.05 Å². The van der Waals surface area contributed by atoms with Gasteiger partial charge in [0.25, 0.3) is 0 Å². The van der Waals surface area contributed by atoms with Gasteiger partial charge in [0, 0.05) is 32.6 Å². The summed E-state index contributed by atoms with van der Waals surface area (Å²) in [7, 11) is 3.97. The van der Waals surface area contributed by atoms with Crippen LogP contribution in [-0.2, 0) is 13.0 Å². The first-order valence-electron chi connectivity index (χ1n) is 6.54. The van der Waals surface area contributed by atoms with Gasteiger partial charge in [-0.25, -0.2) is 9.97 Å². The number of hydrogen-bond acceptors (Lipinski definition) is 5. The van der Waals surface area contributed by atoms with Crippen LogP contribution in [0.5, 0.6) is 0 Å². The average molecular weight is 355 g/mol. The molecule has 2 rings (SSSR count). The molecule has 6 heteroatoms. The van der Waals surface area contributed by atoms with E-state index in [1.165, 1.54) is 5.56 Å². The molecule has 0 saturated carbocycles. The normalized spacial score (nSPS) is 10.7. The fraction of sp³-hybridized carbons (Fsp3) is 0.429. The van der Waals surface area contributed by atoms with Crippen molar-refractivity contribution in [2.75, 3.05) is 24.3 Å². The fourth-order valence-electron chi connectivity index (χ4n) is 2.10. The second-order valence-corrected chi connectivity index (χ2v) is 6.95. The molecule has 2 aromatic rings. The Kier molecular flexibility index (Phi) is 4.99. The molecule has 0 aliphatic carbocycles. The SMILES string of the molecule is CCc1nc(NC)c(C)c(N(C)Cc2csc(Br)c2)n1. The van der Waals surface area contributed by atoms with E-state index in [0.29, 0.717) is 0 Å². The van der Waals surface area contributed by atoms with Crippen molar-refractivity contribution in [3.8, 4) is 0 Å². The molecular weight excluding hydrogens is 336 g/mol. The van der Waals surface area contributed by atoms with Gasteiger partial charge in [0.2, 0.25) is 0 Å². The van der Waals surface area contributed by atoms with Crippen LogP contribution < -0.4 is 10.2 Å². The van der Waals surface area contributed by atoms with E-state index in [0.717, 1.165) is 39.8 Å². The van der Waals surface area contributed by atoms with Gasteiger partial charge in [-0.15, -0.1) is 11.3 Å². The van der Waals surface area contributed by atoms with Crippen LogP contribution in [0.15, 0.2) is 15.2 Å². The maximum atomic E-state index is 4.67. The molecule has 108 valence electrons. The molecule has 0 atom stereocenters. The van der Waals surface area contributed by atoms with E-state index in [2.05, 4.69) is 68.5 Å². The summed E-state index contributed by atoms with van der Waals surface area (Å²) in [6.45, 7) is 4.97. The van der Waals surface area contributed by atoms with E-state index in [-0.39, 0.29) is 0 Å². The summed E-state index contributed by atoms with van der Waals surface area (Å²) < 4.78 is 1.16. The van der Waals surface area contributed by atoms with Gasteiger partial charge in [0.15, 0.2) is 0 Å². The molecule has 0 aliphatic rings. The molecule has 1 N–H and O–H groups in total. The van der Waals surface area contributed by atoms with E-state index in [1.54, 1.807) is 11.3 Å². The van der Waals surface area contributed by atoms with Gasteiger partial charge in [0.05, 0.1) is 3.79 Å². The Morgan fingerprint density at radius 3 is 2.70 bits per heavy atom. The van der Waals surface area contributed by atoms with Crippen molar-refractivity contribution >= 4 is 38.9 Å². The number of aromatic nitrogens is 2. The minimum atomic E-state index is 0.833. The van der Waals surface area contributed by atoms with Gasteiger partial charge in [-0.3, -0.25) is 0 Å². The first-order valence-corrected chi connectivity index (χ1v) is 8.21. The Morgan fingerprint density at radius 2 is 2.15 bits per heavy atom. The maximum absolute atomic E-state index is 4.67. The van der Waals surface area contributed by atoms with E-state index in [4.69, 9.17) is 0 Å². The lowest BCUT2D eigenvalue weighted by atomic mass is 10.2. The zero-order valence-corrected chi connectivity index (χ0v) is 14.6. The van der Waals surface area contributed by atoms with Crippen molar-refractivity contribution in [3.63, 3.8) is 0 Å². The number of anilines is 2. The molecule has 0 radical (unpaired) electrons. The monoisotopic (exact) mass is 354 g/mol. The Balaban J connectivity index is 2.30. The lowest BCUT2D eigenvalue weighted by Crippen LogP contribution is -2.20. The third kappa shape index (κ3) is 3.30. The van der Waals surface area contributed by atoms with Crippen molar-refractivity contribution in [2.24, 2.45) is 0 Å². The topological polar surface area (TPSA) is 41.1 Å². The summed E-state index contributed by atoms with van der Waals surface area (Å²) in [5, 5.41) is 5.31. The van der Waals surface area contributed by atoms with Crippen LogP contribution in [0.2, 0.25) is 0 Å². The van der Waals surface area contributed by atoms with Crippen molar-refractivity contribution in [1.82, 2.24) is 9.97 Å². The summed E-state index contributed by atoms with van der Waals surface area (Å²) in [5.41, 5.74) is 2.37. The number of aryl methyl sites for hydroxylation is 1. The third-order valence-electron chi connectivity index (χ3n) is 3.12. The van der Waals surface area contributed by atoms with E-state index < -0.39 is 0 Å². The molecule has 2 heterocycles. The molecule has 0 aromatic carbocycles. The summed E-state index contributed by atoms with van der Waals surface area (Å²) >= 11 is 5.21. The van der Waals surface area contributed by atoms with Crippen LogP contribution in [0.4, 0.5) is 11.6 Å². The number of nitrogens with one attached hydrogen (secondary N) is 1. The minimum absolute atomic E-state index is 0.833. The molecule has 2 aromatic heterocycles. The quantitative estimate of drug-likeness (QED) is 0.885. The number of thiophene rings is 1. The largest absolute Gasteiger partial charge is 0.373 e. The van der Waals surface area contributed by atoms with Gasteiger partial charge in [0.1, 0.15) is 17.5 Å². The zero-order chi connectivity index (χ0) is 14.7. The van der Waals surface area contributed by atoms with Crippen LogP contribution in [0.25, 0.3) is 0 Å². The van der Waals surface area contributed by atoms with Crippen LogP contribution in [0, 0.1) is 6.92 Å². The molecule has 0 saturated heterocycles. The predicted octanol–water partition coefficient (Wildman–Crippen LogP) is 3.85. The predicted molar refractivity (Wildman–Crippen MR) is 89.8 cm³/mol. The Hall–Kier alpha value is -1.14. The maximum Gasteiger partial charge on any atom is 0.137 e. The third-order valence-corrected chi connectivity index (χ3v) is 4.68. The molecule has 0 fully saturated rings. The summed E-state index contributed by atoms with van der Waals surface area (Å²) in [6, 6.07) is 2.15. The minimum Gasteiger partial charge on any atom is -0.373 e. The molecule has 0 bridgehead atoms. The lowest BCUT2D eigenvalue weighted by molar-refractivity contribution is 0.852. The molecule has 4 nitrogen and oxygen atoms in total. The van der Waals surface area contributed by atoms with Gasteiger partial charge >= 0.3 is 0 Å². The van der Waals surface area contributed by atoms with E-state index in [9.17, 15) is 0 Å². The molecule has 0 spiro atoms. The highest BCUT2D eigenvalue weighted by Crippen LogP contribution is 2.26. The second kappa shape index (κ2) is 6.54. The number of hydrogen-bond donors (Lipinski definition) is 1. The molecule has 0 aliphatic heterocycles. The number of halogens is 1. The molecule has 20 heavy (non-hydrogen) atoms. The second-order valence-electron chi connectivity index (χ2n) is 4.66. The molecular formula is C14H19BrN4S. The Labute approximate surface area is 132 Å². The van der Waals surface area contributed by atoms with Crippen molar-refractivity contribution in [1.29, 1.82) is 0 Å². The van der Waals surface area contributed by atoms with Crippen LogP contribution in [0.1, 0.15) is 23.9 Å². The summed E-state index contributed by atoms with van der Waals surface area (Å²) in [6.07, 6.45) is 0.833. The van der Waals surface area contributed by atoms with Crippen LogP contribution in [-0.4, -0.2) is 24.1 Å². The number of nitrogens with zero attached hydrogens (tertiary/aromatic N) is 3. The van der Waals surface area contributed by atoms with E-state index >= 15 is 0 Å². The first-order chi connectivity index (χ1) is 9.55. The smallest absolute Gasteiger partial charge is 0.137 e. The Morgan fingerprint density at radius 1 is 1.40 bits per heavy atom. The van der Waals surface area contributed by atoms with Gasteiger partial charge < -0.3 is 10.2 Å². The lowest BCUT2D eigenvalue weighted by Gasteiger charge is -2.21. The number of rotatable bonds is 5. The summed E-state index contributed by atoms with van der Waals surface area (Å²) in [4.78, 5) is 11.4. The van der Waals surface area contributed by atoms with Crippen molar-refractivity contribution in [3.05, 3.63) is 32.2 Å². The highest BCUT2D eigenvalue weighted by atomic mass is 79.9. The Bertz CT molecular complexity index is 597. The highest BCUT2D eigenvalue weighted by molar-refractivity contribution is 9.11. The first kappa shape index (κ1) is 15.3. The fourth-order valence-corrected chi connectivity index (χ4v) is 3.30. The van der Waals surface area contributed by atoms with Gasteiger partial charge in [-0.2, -0.15) is 0 Å². The zero-order valence-electron chi connectivity index (χ0n) is 12.2. The summed E-state index contributed by atoms with van der Waals surface area (Å²) in [5.74, 6) is 2.77. The van der Waals surface area contributed by atoms with Crippen LogP contribution in [0.3, 0.4) is 0 Å². The van der Waals surface area contributed by atoms with Crippen molar-refractivity contribution < 1.29 is 0 Å². The van der Waals surface area contributed by atoms with Crippen molar-refractivity contribution in [2.45, 2.75) is 26.8 Å². The standard InChI is InChI=1S/C14H19BrN4S/c1-5-12-17-13(16-3)9(2)14(18-12)19(4)7-10-6-11(15)20-8-10/h6,8H,5,7H2,1-4H3,(H,16,17,18). The van der Waals surface area contributed by atoms with Gasteiger partial charge in [-0.1, -0.05) is 6.92 Å². The average Bonchev–Trinajstić information content (AvgIpc) is 2.84. The van der Waals surface area contributed by atoms with Gasteiger partial charge in [-0.05, 0) is 39.9 Å².